The summed E-state index contributed by atoms with van der Waals surface area (Å²) in [5.41, 5.74) is 0. The van der Waals surface area contributed by atoms with Crippen molar-refractivity contribution >= 4 is 28.6 Å². The molecular formula is C15H18NOS2. The largest absolute Gasteiger partial charge is 0.332 e. The van der Waals surface area contributed by atoms with Crippen molar-refractivity contribution in [2.75, 3.05) is 0 Å². The summed E-state index contributed by atoms with van der Waals surface area (Å²) >= 11 is 3.40. The maximum atomic E-state index is 12.3. The van der Waals surface area contributed by atoms with E-state index in [9.17, 15) is 4.79 Å². The second kappa shape index (κ2) is 7.46. The minimum absolute atomic E-state index is 0.227. The Bertz CT molecular complexity index is 440. The van der Waals surface area contributed by atoms with Gasteiger partial charge < -0.3 is 4.90 Å². The van der Waals surface area contributed by atoms with Crippen LogP contribution in [0.4, 0.5) is 0 Å². The second-order valence-electron chi connectivity index (χ2n) is 4.37. The molecule has 0 bridgehead atoms. The van der Waals surface area contributed by atoms with Crippen LogP contribution in [0.2, 0.25) is 0 Å². The molecule has 0 saturated carbocycles. The molecule has 0 aliphatic rings. The molecule has 0 N–H and O–H groups in total. The number of rotatable bonds is 7. The summed E-state index contributed by atoms with van der Waals surface area (Å²) in [5.74, 6) is 0.227. The summed E-state index contributed by atoms with van der Waals surface area (Å²) in [7, 11) is 0. The average Bonchev–Trinajstić information content (AvgIpc) is 3.08. The second-order valence-corrected chi connectivity index (χ2v) is 6.43. The number of nitrogens with zero attached hydrogens (tertiary/aromatic N) is 1. The molecule has 2 aromatic heterocycles. The van der Waals surface area contributed by atoms with E-state index in [-0.39, 0.29) is 5.91 Å². The maximum Gasteiger partial charge on any atom is 0.223 e. The smallest absolute Gasteiger partial charge is 0.223 e. The lowest BCUT2D eigenvalue weighted by Gasteiger charge is -2.21. The van der Waals surface area contributed by atoms with E-state index in [2.05, 4.69) is 29.8 Å². The van der Waals surface area contributed by atoms with Crippen molar-refractivity contribution in [1.29, 1.82) is 0 Å². The van der Waals surface area contributed by atoms with Gasteiger partial charge in [0.15, 0.2) is 0 Å². The Morgan fingerprint density at radius 1 is 1.11 bits per heavy atom. The fourth-order valence-electron chi connectivity index (χ4n) is 1.85. The molecule has 4 heteroatoms. The van der Waals surface area contributed by atoms with Crippen molar-refractivity contribution in [3.8, 4) is 0 Å². The number of hydrogen-bond acceptors (Lipinski definition) is 3. The summed E-state index contributed by atoms with van der Waals surface area (Å²) in [5, 5.41) is 4.11. The van der Waals surface area contributed by atoms with Crippen LogP contribution in [0.15, 0.2) is 35.0 Å². The van der Waals surface area contributed by atoms with Crippen LogP contribution in [0.1, 0.15) is 29.0 Å². The van der Waals surface area contributed by atoms with E-state index >= 15 is 0 Å². The summed E-state index contributed by atoms with van der Waals surface area (Å²) in [6, 6.07) is 8.23. The number of carbonyl (C=O) groups is 1. The van der Waals surface area contributed by atoms with Gasteiger partial charge in [0, 0.05) is 16.2 Å². The highest BCUT2D eigenvalue weighted by atomic mass is 32.1. The van der Waals surface area contributed by atoms with Gasteiger partial charge in [-0.15, -0.1) is 22.7 Å². The molecule has 2 rings (SSSR count). The Balaban J connectivity index is 2.01. The molecular weight excluding hydrogens is 274 g/mol. The quantitative estimate of drug-likeness (QED) is 0.743. The van der Waals surface area contributed by atoms with Crippen molar-refractivity contribution in [2.45, 2.75) is 32.4 Å². The lowest BCUT2D eigenvalue weighted by molar-refractivity contribution is -0.132. The normalized spacial score (nSPS) is 10.6. The van der Waals surface area contributed by atoms with Gasteiger partial charge >= 0.3 is 0 Å². The number of amides is 1. The minimum Gasteiger partial charge on any atom is -0.332 e. The Kier molecular flexibility index (Phi) is 5.61. The first kappa shape index (κ1) is 14.3. The number of thiophene rings is 2. The zero-order valence-corrected chi connectivity index (χ0v) is 12.5. The van der Waals surface area contributed by atoms with Crippen LogP contribution in [0.3, 0.4) is 0 Å². The van der Waals surface area contributed by atoms with Crippen LogP contribution in [0.5, 0.6) is 0 Å². The van der Waals surface area contributed by atoms with Crippen LogP contribution in [0, 0.1) is 6.92 Å². The predicted molar refractivity (Wildman–Crippen MR) is 82.1 cm³/mol. The molecule has 2 nitrogen and oxygen atoms in total. The van der Waals surface area contributed by atoms with E-state index in [0.717, 1.165) is 12.8 Å². The number of unbranched alkanes of at least 4 members (excludes halogenated alkanes) is 1. The lowest BCUT2D eigenvalue weighted by Crippen LogP contribution is -2.29. The van der Waals surface area contributed by atoms with Gasteiger partial charge in [-0.3, -0.25) is 4.79 Å². The first-order valence-corrected chi connectivity index (χ1v) is 8.17. The first-order chi connectivity index (χ1) is 9.29. The van der Waals surface area contributed by atoms with Crippen LogP contribution >= 0.6 is 22.7 Å². The molecule has 1 amide bonds. The lowest BCUT2D eigenvalue weighted by atomic mass is 10.2. The molecule has 2 heterocycles. The molecule has 0 atom stereocenters. The van der Waals surface area contributed by atoms with Crippen molar-refractivity contribution in [2.24, 2.45) is 0 Å². The first-order valence-electron chi connectivity index (χ1n) is 6.41. The molecule has 0 unspecified atom stereocenters. The van der Waals surface area contributed by atoms with E-state index in [1.807, 2.05) is 17.0 Å². The van der Waals surface area contributed by atoms with E-state index in [1.165, 1.54) is 9.75 Å². The van der Waals surface area contributed by atoms with E-state index in [0.29, 0.717) is 19.5 Å². The van der Waals surface area contributed by atoms with E-state index < -0.39 is 0 Å². The Morgan fingerprint density at radius 3 is 2.11 bits per heavy atom. The van der Waals surface area contributed by atoms with Gasteiger partial charge in [-0.2, -0.15) is 0 Å². The fourth-order valence-corrected chi connectivity index (χ4v) is 3.29. The van der Waals surface area contributed by atoms with E-state index in [1.54, 1.807) is 22.7 Å². The highest BCUT2D eigenvalue weighted by Gasteiger charge is 2.15. The minimum atomic E-state index is 0.227. The summed E-state index contributed by atoms with van der Waals surface area (Å²) < 4.78 is 0. The predicted octanol–water partition coefficient (Wildman–Crippen LogP) is 4.34. The van der Waals surface area contributed by atoms with Crippen LogP contribution < -0.4 is 0 Å². The zero-order chi connectivity index (χ0) is 13.5. The van der Waals surface area contributed by atoms with E-state index in [4.69, 9.17) is 0 Å². The molecule has 0 aliphatic heterocycles. The standard InChI is InChI=1S/C15H18NOS2/c1-2-3-8-15(17)16(11-13-6-4-9-18-13)12-14-7-5-10-19-14/h4-7,9-10H,1-3,8,11-12H2. The molecule has 0 aliphatic carbocycles. The van der Waals surface area contributed by atoms with Gasteiger partial charge in [0.2, 0.25) is 5.91 Å². The van der Waals surface area contributed by atoms with Crippen LogP contribution in [0.25, 0.3) is 0 Å². The van der Waals surface area contributed by atoms with Gasteiger partial charge in [-0.1, -0.05) is 25.5 Å². The SMILES string of the molecule is [CH2]CCCC(=O)N(Cc1cccs1)Cc1cccs1. The Hall–Kier alpha value is -1.13. The summed E-state index contributed by atoms with van der Waals surface area (Å²) in [6.45, 7) is 5.23. The van der Waals surface area contributed by atoms with Crippen molar-refractivity contribution in [3.05, 3.63) is 51.7 Å². The number of carbonyl (C=O) groups excluding carboxylic acids is 1. The molecule has 0 spiro atoms. The topological polar surface area (TPSA) is 20.3 Å². The molecule has 101 valence electrons. The van der Waals surface area contributed by atoms with Crippen LogP contribution in [-0.2, 0) is 17.9 Å². The molecule has 0 fully saturated rings. The highest BCUT2D eigenvalue weighted by molar-refractivity contribution is 7.10. The third kappa shape index (κ3) is 4.48. The molecule has 0 aromatic carbocycles. The van der Waals surface area contributed by atoms with Gasteiger partial charge in [-0.05, 0) is 29.3 Å². The molecule has 1 radical (unpaired) electrons. The van der Waals surface area contributed by atoms with Gasteiger partial charge in [0.25, 0.3) is 0 Å². The van der Waals surface area contributed by atoms with Gasteiger partial charge in [0.05, 0.1) is 13.1 Å². The molecule has 0 saturated heterocycles. The van der Waals surface area contributed by atoms with Gasteiger partial charge in [-0.25, -0.2) is 0 Å². The third-order valence-electron chi connectivity index (χ3n) is 2.85. The highest BCUT2D eigenvalue weighted by Crippen LogP contribution is 2.18. The van der Waals surface area contributed by atoms with Crippen molar-refractivity contribution in [3.63, 3.8) is 0 Å². The van der Waals surface area contributed by atoms with Crippen molar-refractivity contribution in [1.82, 2.24) is 4.90 Å². The third-order valence-corrected chi connectivity index (χ3v) is 4.57. The Labute approximate surface area is 122 Å². The monoisotopic (exact) mass is 292 g/mol. The van der Waals surface area contributed by atoms with Crippen LogP contribution in [-0.4, -0.2) is 10.8 Å². The molecule has 19 heavy (non-hydrogen) atoms. The Morgan fingerprint density at radius 2 is 1.68 bits per heavy atom. The number of hydrogen-bond donors (Lipinski definition) is 0. The van der Waals surface area contributed by atoms with Gasteiger partial charge in [0.1, 0.15) is 0 Å². The van der Waals surface area contributed by atoms with Crippen molar-refractivity contribution < 1.29 is 4.79 Å². The summed E-state index contributed by atoms with van der Waals surface area (Å²) in [6.07, 6.45) is 2.28. The summed E-state index contributed by atoms with van der Waals surface area (Å²) in [4.78, 5) is 16.7. The zero-order valence-electron chi connectivity index (χ0n) is 10.9. The average molecular weight is 292 g/mol. The fraction of sp³-hybridized carbons (Fsp3) is 0.333. The molecule has 2 aromatic rings. The maximum absolute atomic E-state index is 12.3.